The summed E-state index contributed by atoms with van der Waals surface area (Å²) in [6.07, 6.45) is 2.28. The molecule has 2 fully saturated rings. The van der Waals surface area contributed by atoms with E-state index in [9.17, 15) is 4.79 Å². The van der Waals surface area contributed by atoms with E-state index < -0.39 is 0 Å². The van der Waals surface area contributed by atoms with Crippen LogP contribution in [0.2, 0.25) is 0 Å². The van der Waals surface area contributed by atoms with Gasteiger partial charge in [-0.25, -0.2) is 0 Å². The number of piperazine rings is 1. The number of hydrogen-bond donors (Lipinski definition) is 2. The maximum atomic E-state index is 12.1. The summed E-state index contributed by atoms with van der Waals surface area (Å²) in [6.45, 7) is 5.70. The first-order chi connectivity index (χ1) is 10.1. The van der Waals surface area contributed by atoms with E-state index in [1.165, 1.54) is 5.69 Å². The van der Waals surface area contributed by atoms with Gasteiger partial charge in [-0.3, -0.25) is 9.69 Å². The second-order valence-electron chi connectivity index (χ2n) is 6.08. The first kappa shape index (κ1) is 14.2. The molecule has 1 saturated heterocycles. The number of carbonyl (C=O) groups excluding carboxylic acids is 1. The smallest absolute Gasteiger partial charge is 0.237 e. The number of nitrogen functional groups attached to an aromatic ring is 1. The number of hydrogen-bond acceptors (Lipinski definition) is 4. The summed E-state index contributed by atoms with van der Waals surface area (Å²) in [4.78, 5) is 16.7. The van der Waals surface area contributed by atoms with Crippen molar-refractivity contribution < 1.29 is 4.79 Å². The molecule has 1 aromatic carbocycles. The molecule has 1 aliphatic heterocycles. The minimum atomic E-state index is -0.0337. The summed E-state index contributed by atoms with van der Waals surface area (Å²) < 4.78 is 0. The molecule has 1 atom stereocenters. The standard InChI is InChI=1S/C16H24N4O/c1-12(16(21)18-14-5-6-14)19-7-9-20(10-8-19)15-4-2-3-13(17)11-15/h2-4,11-12,14H,5-10,17H2,1H3,(H,18,21). The molecule has 1 aromatic rings. The molecule has 21 heavy (non-hydrogen) atoms. The molecule has 0 spiro atoms. The highest BCUT2D eigenvalue weighted by molar-refractivity contribution is 5.81. The third kappa shape index (κ3) is 3.47. The van der Waals surface area contributed by atoms with Gasteiger partial charge in [0, 0.05) is 43.6 Å². The molecule has 1 heterocycles. The number of amides is 1. The molecule has 0 aromatic heterocycles. The first-order valence-corrected chi connectivity index (χ1v) is 7.78. The first-order valence-electron chi connectivity index (χ1n) is 7.78. The van der Waals surface area contributed by atoms with Crippen LogP contribution in [0, 0.1) is 0 Å². The lowest BCUT2D eigenvalue weighted by Crippen LogP contribution is -2.54. The third-order valence-corrected chi connectivity index (χ3v) is 4.40. The quantitative estimate of drug-likeness (QED) is 0.813. The van der Waals surface area contributed by atoms with E-state index in [1.54, 1.807) is 0 Å². The van der Waals surface area contributed by atoms with Gasteiger partial charge in [0.15, 0.2) is 0 Å². The zero-order chi connectivity index (χ0) is 14.8. The largest absolute Gasteiger partial charge is 0.399 e. The van der Waals surface area contributed by atoms with E-state index in [1.807, 2.05) is 25.1 Å². The summed E-state index contributed by atoms with van der Waals surface area (Å²) in [5.74, 6) is 0.176. The molecule has 114 valence electrons. The molecule has 1 amide bonds. The summed E-state index contributed by atoms with van der Waals surface area (Å²) >= 11 is 0. The Hall–Kier alpha value is -1.75. The number of benzene rings is 1. The molecule has 5 nitrogen and oxygen atoms in total. The van der Waals surface area contributed by atoms with Crippen LogP contribution in [0.3, 0.4) is 0 Å². The normalized spacial score (nSPS) is 21.1. The van der Waals surface area contributed by atoms with Gasteiger partial charge in [0.2, 0.25) is 5.91 Å². The Labute approximate surface area is 126 Å². The molecule has 3 N–H and O–H groups in total. The second kappa shape index (κ2) is 5.93. The van der Waals surface area contributed by atoms with Gasteiger partial charge in [0.25, 0.3) is 0 Å². The summed E-state index contributed by atoms with van der Waals surface area (Å²) in [5.41, 5.74) is 7.81. The van der Waals surface area contributed by atoms with Gasteiger partial charge in [0.05, 0.1) is 6.04 Å². The number of nitrogens with two attached hydrogens (primary N) is 1. The van der Waals surface area contributed by atoms with Gasteiger partial charge in [-0.2, -0.15) is 0 Å². The van der Waals surface area contributed by atoms with Crippen LogP contribution >= 0.6 is 0 Å². The van der Waals surface area contributed by atoms with Crippen molar-refractivity contribution in [2.24, 2.45) is 0 Å². The van der Waals surface area contributed by atoms with Crippen LogP contribution in [0.15, 0.2) is 24.3 Å². The van der Waals surface area contributed by atoms with E-state index in [4.69, 9.17) is 5.73 Å². The predicted octanol–water partition coefficient (Wildman–Crippen LogP) is 1.06. The number of rotatable bonds is 4. The molecular formula is C16H24N4O. The molecular weight excluding hydrogens is 264 g/mol. The monoisotopic (exact) mass is 288 g/mol. The molecule has 1 aliphatic carbocycles. The van der Waals surface area contributed by atoms with Crippen LogP contribution in [-0.4, -0.2) is 49.1 Å². The molecule has 1 saturated carbocycles. The van der Waals surface area contributed by atoms with Gasteiger partial charge in [-0.15, -0.1) is 0 Å². The lowest BCUT2D eigenvalue weighted by Gasteiger charge is -2.38. The molecule has 1 unspecified atom stereocenters. The highest BCUT2D eigenvalue weighted by atomic mass is 16.2. The van der Waals surface area contributed by atoms with Crippen molar-refractivity contribution >= 4 is 17.3 Å². The topological polar surface area (TPSA) is 61.6 Å². The van der Waals surface area contributed by atoms with Crippen molar-refractivity contribution in [3.05, 3.63) is 24.3 Å². The fourth-order valence-corrected chi connectivity index (χ4v) is 2.80. The van der Waals surface area contributed by atoms with E-state index in [2.05, 4.69) is 21.2 Å². The molecule has 0 bridgehead atoms. The second-order valence-corrected chi connectivity index (χ2v) is 6.08. The average Bonchev–Trinajstić information content (AvgIpc) is 3.30. The van der Waals surface area contributed by atoms with Crippen LogP contribution in [0.5, 0.6) is 0 Å². The Morgan fingerprint density at radius 2 is 2.00 bits per heavy atom. The lowest BCUT2D eigenvalue weighted by atomic mass is 10.2. The number of carbonyl (C=O) groups is 1. The number of nitrogens with zero attached hydrogens (tertiary/aromatic N) is 2. The molecule has 5 heteroatoms. The molecule has 2 aliphatic rings. The van der Waals surface area contributed by atoms with Crippen LogP contribution in [0.25, 0.3) is 0 Å². The van der Waals surface area contributed by atoms with Crippen molar-refractivity contribution in [1.29, 1.82) is 0 Å². The minimum Gasteiger partial charge on any atom is -0.399 e. The lowest BCUT2D eigenvalue weighted by molar-refractivity contribution is -0.126. The minimum absolute atomic E-state index is 0.0337. The predicted molar refractivity (Wildman–Crippen MR) is 85.3 cm³/mol. The molecule has 0 radical (unpaired) electrons. The van der Waals surface area contributed by atoms with Gasteiger partial charge >= 0.3 is 0 Å². The van der Waals surface area contributed by atoms with Gasteiger partial charge < -0.3 is 16.0 Å². The van der Waals surface area contributed by atoms with Gasteiger partial charge in [0.1, 0.15) is 0 Å². The Morgan fingerprint density at radius 1 is 1.29 bits per heavy atom. The average molecular weight is 288 g/mol. The summed E-state index contributed by atoms with van der Waals surface area (Å²) in [5, 5.41) is 3.09. The zero-order valence-corrected chi connectivity index (χ0v) is 12.6. The zero-order valence-electron chi connectivity index (χ0n) is 12.6. The van der Waals surface area contributed by atoms with E-state index in [0.717, 1.165) is 44.7 Å². The van der Waals surface area contributed by atoms with Gasteiger partial charge in [-0.05, 0) is 38.0 Å². The van der Waals surface area contributed by atoms with Crippen molar-refractivity contribution in [3.8, 4) is 0 Å². The SMILES string of the molecule is CC(C(=O)NC1CC1)N1CCN(c2cccc(N)c2)CC1. The van der Waals surface area contributed by atoms with E-state index in [0.29, 0.717) is 6.04 Å². The highest BCUT2D eigenvalue weighted by Gasteiger charge is 2.29. The highest BCUT2D eigenvalue weighted by Crippen LogP contribution is 2.21. The maximum Gasteiger partial charge on any atom is 0.237 e. The van der Waals surface area contributed by atoms with Crippen LogP contribution in [0.1, 0.15) is 19.8 Å². The van der Waals surface area contributed by atoms with E-state index in [-0.39, 0.29) is 11.9 Å². The Bertz CT molecular complexity index is 507. The fraction of sp³-hybridized carbons (Fsp3) is 0.562. The Kier molecular flexibility index (Phi) is 4.01. The number of nitrogens with one attached hydrogen (secondary N) is 1. The van der Waals surface area contributed by atoms with Crippen molar-refractivity contribution in [1.82, 2.24) is 10.2 Å². The van der Waals surface area contributed by atoms with Crippen molar-refractivity contribution in [2.75, 3.05) is 36.8 Å². The molecule has 3 rings (SSSR count). The van der Waals surface area contributed by atoms with Crippen LogP contribution < -0.4 is 16.0 Å². The third-order valence-electron chi connectivity index (χ3n) is 4.40. The summed E-state index contributed by atoms with van der Waals surface area (Å²) in [7, 11) is 0. The summed E-state index contributed by atoms with van der Waals surface area (Å²) in [6, 6.07) is 8.41. The van der Waals surface area contributed by atoms with Crippen molar-refractivity contribution in [3.63, 3.8) is 0 Å². The number of anilines is 2. The Morgan fingerprint density at radius 3 is 2.62 bits per heavy atom. The maximum absolute atomic E-state index is 12.1. The fourth-order valence-electron chi connectivity index (χ4n) is 2.80. The van der Waals surface area contributed by atoms with Crippen LogP contribution in [-0.2, 0) is 4.79 Å². The van der Waals surface area contributed by atoms with E-state index >= 15 is 0 Å². The van der Waals surface area contributed by atoms with Crippen molar-refractivity contribution in [2.45, 2.75) is 31.8 Å². The van der Waals surface area contributed by atoms with Crippen LogP contribution in [0.4, 0.5) is 11.4 Å². The van der Waals surface area contributed by atoms with Gasteiger partial charge in [-0.1, -0.05) is 6.07 Å². The Balaban J connectivity index is 1.53.